The average molecular weight is 265 g/mol. The van der Waals surface area contributed by atoms with Gasteiger partial charge in [0.2, 0.25) is 0 Å². The molecule has 0 saturated carbocycles. The van der Waals surface area contributed by atoms with Gasteiger partial charge in [-0.3, -0.25) is 0 Å². The van der Waals surface area contributed by atoms with Gasteiger partial charge in [-0.05, 0) is 53.1 Å². The Bertz CT molecular complexity index is 423. The highest BCUT2D eigenvalue weighted by Crippen LogP contribution is 2.41. The van der Waals surface area contributed by atoms with Crippen LogP contribution in [-0.2, 0) is 5.54 Å². The van der Waals surface area contributed by atoms with Crippen molar-refractivity contribution in [3.63, 3.8) is 0 Å². The fraction of sp³-hybridized carbons (Fsp3) is 0.786. The predicted octanol–water partition coefficient (Wildman–Crippen LogP) is 2.43. The van der Waals surface area contributed by atoms with Crippen LogP contribution in [0.15, 0.2) is 0 Å². The molecule has 2 unspecified atom stereocenters. The lowest BCUT2D eigenvalue weighted by Gasteiger charge is -2.43. The standard InChI is InChI=1S/C14H23N3S/c1-10-11(2)18-13(16-10)14(15-3)6-8-17-7-4-5-12(17)9-14/h12,15H,4-9H2,1-3H3. The van der Waals surface area contributed by atoms with Crippen LogP contribution >= 0.6 is 11.3 Å². The van der Waals surface area contributed by atoms with Crippen LogP contribution in [0, 0.1) is 13.8 Å². The van der Waals surface area contributed by atoms with Crippen LogP contribution < -0.4 is 5.32 Å². The number of aryl methyl sites for hydroxylation is 2. The molecule has 0 radical (unpaired) electrons. The Morgan fingerprint density at radius 2 is 2.22 bits per heavy atom. The number of hydrogen-bond donors (Lipinski definition) is 1. The molecule has 1 aromatic rings. The molecule has 2 aliphatic rings. The van der Waals surface area contributed by atoms with Crippen molar-refractivity contribution < 1.29 is 0 Å². The molecule has 100 valence electrons. The van der Waals surface area contributed by atoms with Crippen LogP contribution in [0.1, 0.15) is 41.3 Å². The average Bonchev–Trinajstić information content (AvgIpc) is 2.96. The fourth-order valence-corrected chi connectivity index (χ4v) is 4.61. The zero-order valence-electron chi connectivity index (χ0n) is 11.6. The van der Waals surface area contributed by atoms with E-state index in [4.69, 9.17) is 4.98 Å². The van der Waals surface area contributed by atoms with Crippen molar-refractivity contribution in [2.75, 3.05) is 20.1 Å². The molecule has 0 amide bonds. The minimum atomic E-state index is 0.134. The predicted molar refractivity (Wildman–Crippen MR) is 76.2 cm³/mol. The lowest BCUT2D eigenvalue weighted by molar-refractivity contribution is 0.110. The Morgan fingerprint density at radius 1 is 1.39 bits per heavy atom. The van der Waals surface area contributed by atoms with Crippen LogP contribution in [0.5, 0.6) is 0 Å². The summed E-state index contributed by atoms with van der Waals surface area (Å²) in [7, 11) is 2.11. The normalized spacial score (nSPS) is 32.7. The van der Waals surface area contributed by atoms with E-state index < -0.39 is 0 Å². The first-order chi connectivity index (χ1) is 8.64. The van der Waals surface area contributed by atoms with Gasteiger partial charge in [-0.2, -0.15) is 0 Å². The van der Waals surface area contributed by atoms with E-state index in [1.165, 1.54) is 54.4 Å². The second kappa shape index (κ2) is 4.58. The molecule has 18 heavy (non-hydrogen) atoms. The molecule has 2 fully saturated rings. The maximum absolute atomic E-state index is 4.83. The van der Waals surface area contributed by atoms with E-state index in [0.29, 0.717) is 0 Å². The van der Waals surface area contributed by atoms with E-state index >= 15 is 0 Å². The van der Waals surface area contributed by atoms with Crippen molar-refractivity contribution in [2.45, 2.75) is 51.1 Å². The Hall–Kier alpha value is -0.450. The lowest BCUT2D eigenvalue weighted by atomic mass is 9.84. The Morgan fingerprint density at radius 3 is 2.89 bits per heavy atom. The Kier molecular flexibility index (Phi) is 3.20. The van der Waals surface area contributed by atoms with Gasteiger partial charge in [0.25, 0.3) is 0 Å². The van der Waals surface area contributed by atoms with Gasteiger partial charge in [-0.15, -0.1) is 11.3 Å². The van der Waals surface area contributed by atoms with E-state index in [1.807, 2.05) is 11.3 Å². The zero-order chi connectivity index (χ0) is 12.8. The molecule has 2 atom stereocenters. The zero-order valence-corrected chi connectivity index (χ0v) is 12.4. The quantitative estimate of drug-likeness (QED) is 0.890. The van der Waals surface area contributed by atoms with Crippen molar-refractivity contribution in [2.24, 2.45) is 0 Å². The maximum Gasteiger partial charge on any atom is 0.113 e. The topological polar surface area (TPSA) is 28.2 Å². The van der Waals surface area contributed by atoms with Crippen molar-refractivity contribution in [1.29, 1.82) is 0 Å². The summed E-state index contributed by atoms with van der Waals surface area (Å²) in [6, 6.07) is 0.774. The minimum absolute atomic E-state index is 0.134. The van der Waals surface area contributed by atoms with Crippen molar-refractivity contribution >= 4 is 11.3 Å². The van der Waals surface area contributed by atoms with Crippen molar-refractivity contribution in [3.05, 3.63) is 15.6 Å². The van der Waals surface area contributed by atoms with Gasteiger partial charge >= 0.3 is 0 Å². The number of hydrogen-bond acceptors (Lipinski definition) is 4. The molecule has 0 aliphatic carbocycles. The van der Waals surface area contributed by atoms with Crippen molar-refractivity contribution in [1.82, 2.24) is 15.2 Å². The minimum Gasteiger partial charge on any atom is -0.308 e. The summed E-state index contributed by atoms with van der Waals surface area (Å²) in [4.78, 5) is 8.87. The third kappa shape index (κ3) is 1.91. The second-order valence-electron chi connectivity index (χ2n) is 5.78. The first-order valence-electron chi connectivity index (χ1n) is 7.02. The molecule has 0 spiro atoms. The van der Waals surface area contributed by atoms with Gasteiger partial charge in [0.15, 0.2) is 0 Å². The third-order valence-corrected chi connectivity index (χ3v) is 6.10. The van der Waals surface area contributed by atoms with Gasteiger partial charge in [0, 0.05) is 17.5 Å². The number of rotatable bonds is 2. The molecule has 1 aromatic heterocycles. The first kappa shape index (κ1) is 12.6. The molecule has 0 bridgehead atoms. The summed E-state index contributed by atoms with van der Waals surface area (Å²) < 4.78 is 0. The van der Waals surface area contributed by atoms with Crippen LogP contribution in [0.25, 0.3) is 0 Å². The third-order valence-electron chi connectivity index (χ3n) is 4.83. The highest BCUT2D eigenvalue weighted by atomic mass is 32.1. The van der Waals surface area contributed by atoms with Gasteiger partial charge in [-0.25, -0.2) is 4.98 Å². The van der Waals surface area contributed by atoms with E-state index in [-0.39, 0.29) is 5.54 Å². The van der Waals surface area contributed by atoms with Crippen LogP contribution in [0.3, 0.4) is 0 Å². The van der Waals surface area contributed by atoms with E-state index in [2.05, 4.69) is 31.1 Å². The highest BCUT2D eigenvalue weighted by molar-refractivity contribution is 7.11. The summed E-state index contributed by atoms with van der Waals surface area (Å²) in [6.07, 6.45) is 5.18. The number of piperidine rings is 1. The summed E-state index contributed by atoms with van der Waals surface area (Å²) in [6.45, 7) is 6.84. The molecule has 3 nitrogen and oxygen atoms in total. The van der Waals surface area contributed by atoms with Crippen molar-refractivity contribution in [3.8, 4) is 0 Å². The molecule has 3 rings (SSSR count). The van der Waals surface area contributed by atoms with Crippen LogP contribution in [-0.4, -0.2) is 36.1 Å². The lowest BCUT2D eigenvalue weighted by Crippen LogP contribution is -2.52. The number of fused-ring (bicyclic) bond motifs is 1. The monoisotopic (exact) mass is 265 g/mol. The SMILES string of the molecule is CNC1(c2nc(C)c(C)s2)CCN2CCCC2C1. The number of thiazole rings is 1. The number of nitrogens with one attached hydrogen (secondary N) is 1. The van der Waals surface area contributed by atoms with Gasteiger partial charge < -0.3 is 10.2 Å². The van der Waals surface area contributed by atoms with E-state index in [0.717, 1.165) is 6.04 Å². The van der Waals surface area contributed by atoms with Gasteiger partial charge in [-0.1, -0.05) is 0 Å². The summed E-state index contributed by atoms with van der Waals surface area (Å²) in [5.74, 6) is 0. The molecular formula is C14H23N3S. The first-order valence-corrected chi connectivity index (χ1v) is 7.84. The number of nitrogens with zero attached hydrogens (tertiary/aromatic N) is 2. The molecule has 1 N–H and O–H groups in total. The molecule has 2 saturated heterocycles. The van der Waals surface area contributed by atoms with Gasteiger partial charge in [0.1, 0.15) is 5.01 Å². The highest BCUT2D eigenvalue weighted by Gasteiger charge is 2.43. The van der Waals surface area contributed by atoms with E-state index in [1.54, 1.807) is 0 Å². The Labute approximate surface area is 114 Å². The smallest absolute Gasteiger partial charge is 0.113 e. The molecule has 2 aliphatic heterocycles. The molecule has 4 heteroatoms. The summed E-state index contributed by atoms with van der Waals surface area (Å²) in [5, 5.41) is 4.92. The second-order valence-corrected chi connectivity index (χ2v) is 6.98. The van der Waals surface area contributed by atoms with Crippen LogP contribution in [0.4, 0.5) is 0 Å². The largest absolute Gasteiger partial charge is 0.308 e. The van der Waals surface area contributed by atoms with Gasteiger partial charge in [0.05, 0.1) is 11.2 Å². The molecular weight excluding hydrogens is 242 g/mol. The summed E-state index contributed by atoms with van der Waals surface area (Å²) >= 11 is 1.89. The maximum atomic E-state index is 4.83. The molecule has 3 heterocycles. The Balaban J connectivity index is 1.90. The van der Waals surface area contributed by atoms with Crippen LogP contribution in [0.2, 0.25) is 0 Å². The molecule has 0 aromatic carbocycles. The van der Waals surface area contributed by atoms with E-state index in [9.17, 15) is 0 Å². The summed E-state index contributed by atoms with van der Waals surface area (Å²) in [5.41, 5.74) is 1.34. The fourth-order valence-electron chi connectivity index (χ4n) is 3.47. The number of aromatic nitrogens is 1.